The van der Waals surface area contributed by atoms with Crippen LogP contribution in [-0.2, 0) is 14.3 Å². The number of ether oxygens (including phenoxy) is 2. The molecule has 3 rings (SSSR count). The lowest BCUT2D eigenvalue weighted by Gasteiger charge is -2.35. The largest absolute Gasteiger partial charge is 0.449 e. The van der Waals surface area contributed by atoms with E-state index in [1.54, 1.807) is 6.08 Å². The highest BCUT2D eigenvalue weighted by atomic mass is 16.6. The fraction of sp³-hybridized carbons (Fsp3) is 0.786. The molecule has 2 fully saturated rings. The predicted octanol–water partition coefficient (Wildman–Crippen LogP) is 1.90. The van der Waals surface area contributed by atoms with Crippen molar-refractivity contribution < 1.29 is 14.3 Å². The highest BCUT2D eigenvalue weighted by Crippen LogP contribution is 2.40. The Kier molecular flexibility index (Phi) is 3.29. The summed E-state index contributed by atoms with van der Waals surface area (Å²) in [7, 11) is 0. The Morgan fingerprint density at radius 1 is 1.28 bits per heavy atom. The summed E-state index contributed by atoms with van der Waals surface area (Å²) in [5, 5.41) is 3.40. The van der Waals surface area contributed by atoms with Crippen molar-refractivity contribution in [2.75, 3.05) is 13.2 Å². The quantitative estimate of drug-likeness (QED) is 0.778. The van der Waals surface area contributed by atoms with Crippen molar-refractivity contribution in [3.8, 4) is 0 Å². The number of esters is 1. The molecule has 0 aromatic carbocycles. The monoisotopic (exact) mass is 251 g/mol. The van der Waals surface area contributed by atoms with E-state index in [1.165, 1.54) is 6.42 Å². The first-order valence-corrected chi connectivity index (χ1v) is 7.09. The van der Waals surface area contributed by atoms with Gasteiger partial charge in [0.2, 0.25) is 0 Å². The topological polar surface area (TPSA) is 47.6 Å². The molecule has 0 amide bonds. The Morgan fingerprint density at radius 3 is 2.83 bits per heavy atom. The van der Waals surface area contributed by atoms with E-state index in [0.717, 1.165) is 57.4 Å². The minimum atomic E-state index is -0.339. The second kappa shape index (κ2) is 4.92. The SMILES string of the molecule is O=C1C=C(NC[C@H]2CCCO2)C2(CCCCC2)O1. The van der Waals surface area contributed by atoms with Gasteiger partial charge in [0.25, 0.3) is 0 Å². The van der Waals surface area contributed by atoms with Gasteiger partial charge in [0.05, 0.1) is 11.8 Å². The fourth-order valence-electron chi connectivity index (χ4n) is 3.26. The van der Waals surface area contributed by atoms with Crippen molar-refractivity contribution in [1.29, 1.82) is 0 Å². The number of rotatable bonds is 3. The van der Waals surface area contributed by atoms with Crippen LogP contribution >= 0.6 is 0 Å². The maximum atomic E-state index is 11.6. The molecule has 4 heteroatoms. The molecule has 3 aliphatic rings. The zero-order chi connectivity index (χ0) is 12.4. The lowest BCUT2D eigenvalue weighted by atomic mass is 9.83. The van der Waals surface area contributed by atoms with E-state index in [9.17, 15) is 4.79 Å². The van der Waals surface area contributed by atoms with Gasteiger partial charge >= 0.3 is 5.97 Å². The summed E-state index contributed by atoms with van der Waals surface area (Å²) in [5.41, 5.74) is 0.649. The van der Waals surface area contributed by atoms with Crippen LogP contribution in [-0.4, -0.2) is 30.8 Å². The lowest BCUT2D eigenvalue weighted by Crippen LogP contribution is -2.41. The summed E-state index contributed by atoms with van der Waals surface area (Å²) >= 11 is 0. The third-order valence-electron chi connectivity index (χ3n) is 4.25. The molecule has 100 valence electrons. The van der Waals surface area contributed by atoms with Crippen molar-refractivity contribution in [2.45, 2.75) is 56.7 Å². The molecular weight excluding hydrogens is 230 g/mol. The Hall–Kier alpha value is -1.03. The van der Waals surface area contributed by atoms with E-state index in [-0.39, 0.29) is 11.6 Å². The van der Waals surface area contributed by atoms with Gasteiger partial charge in [-0.3, -0.25) is 0 Å². The van der Waals surface area contributed by atoms with Crippen LogP contribution in [0.15, 0.2) is 11.8 Å². The summed E-state index contributed by atoms with van der Waals surface area (Å²) in [6, 6.07) is 0. The molecule has 18 heavy (non-hydrogen) atoms. The van der Waals surface area contributed by atoms with Crippen LogP contribution in [0, 0.1) is 0 Å². The molecule has 1 N–H and O–H groups in total. The molecule has 4 nitrogen and oxygen atoms in total. The molecule has 0 unspecified atom stereocenters. The number of carbonyl (C=O) groups excluding carboxylic acids is 1. The van der Waals surface area contributed by atoms with Gasteiger partial charge in [-0.05, 0) is 38.5 Å². The van der Waals surface area contributed by atoms with Crippen LogP contribution in [0.25, 0.3) is 0 Å². The maximum absolute atomic E-state index is 11.6. The predicted molar refractivity (Wildman–Crippen MR) is 67.0 cm³/mol. The van der Waals surface area contributed by atoms with E-state index < -0.39 is 0 Å². The molecule has 0 radical (unpaired) electrons. The van der Waals surface area contributed by atoms with Crippen molar-refractivity contribution in [2.24, 2.45) is 0 Å². The highest BCUT2D eigenvalue weighted by Gasteiger charge is 2.44. The molecule has 0 bridgehead atoms. The van der Waals surface area contributed by atoms with Crippen molar-refractivity contribution in [3.63, 3.8) is 0 Å². The van der Waals surface area contributed by atoms with E-state index in [0.29, 0.717) is 6.10 Å². The normalized spacial score (nSPS) is 30.3. The number of nitrogens with one attached hydrogen (secondary N) is 1. The minimum absolute atomic E-state index is 0.188. The smallest absolute Gasteiger partial charge is 0.333 e. The summed E-state index contributed by atoms with van der Waals surface area (Å²) in [6.07, 6.45) is 9.65. The zero-order valence-electron chi connectivity index (χ0n) is 10.7. The molecule has 1 aliphatic carbocycles. The van der Waals surface area contributed by atoms with Gasteiger partial charge in [-0.15, -0.1) is 0 Å². The third kappa shape index (κ3) is 2.26. The summed E-state index contributed by atoms with van der Waals surface area (Å²) in [6.45, 7) is 1.66. The van der Waals surface area contributed by atoms with Gasteiger partial charge in [0, 0.05) is 19.2 Å². The van der Waals surface area contributed by atoms with E-state index in [2.05, 4.69) is 5.32 Å². The standard InChI is InChI=1S/C14H21NO3/c16-13-9-12(15-10-11-5-4-8-17-11)14(18-13)6-2-1-3-7-14/h9,11,15H,1-8,10H2/t11-/m1/s1. The third-order valence-corrected chi connectivity index (χ3v) is 4.25. The number of hydrogen-bond donors (Lipinski definition) is 1. The Balaban J connectivity index is 1.64. The Morgan fingerprint density at radius 2 is 2.11 bits per heavy atom. The van der Waals surface area contributed by atoms with Crippen LogP contribution in [0.4, 0.5) is 0 Å². The van der Waals surface area contributed by atoms with Gasteiger partial charge in [-0.1, -0.05) is 6.42 Å². The Bertz CT molecular complexity index is 352. The maximum Gasteiger partial charge on any atom is 0.333 e. The van der Waals surface area contributed by atoms with E-state index >= 15 is 0 Å². The van der Waals surface area contributed by atoms with Crippen LogP contribution in [0.2, 0.25) is 0 Å². The second-order valence-electron chi connectivity index (χ2n) is 5.55. The van der Waals surface area contributed by atoms with Crippen molar-refractivity contribution in [3.05, 3.63) is 11.8 Å². The molecule has 0 aromatic rings. The molecule has 1 saturated heterocycles. The molecule has 2 heterocycles. The number of carbonyl (C=O) groups is 1. The van der Waals surface area contributed by atoms with Gasteiger partial charge in [0.1, 0.15) is 0 Å². The average Bonchev–Trinajstić information content (AvgIpc) is 2.97. The zero-order valence-corrected chi connectivity index (χ0v) is 10.7. The first-order valence-electron chi connectivity index (χ1n) is 7.09. The lowest BCUT2D eigenvalue weighted by molar-refractivity contribution is -0.148. The van der Waals surface area contributed by atoms with Crippen LogP contribution < -0.4 is 5.32 Å². The second-order valence-corrected chi connectivity index (χ2v) is 5.55. The van der Waals surface area contributed by atoms with E-state index in [4.69, 9.17) is 9.47 Å². The summed E-state index contributed by atoms with van der Waals surface area (Å²) in [4.78, 5) is 11.6. The molecule has 2 aliphatic heterocycles. The van der Waals surface area contributed by atoms with E-state index in [1.807, 2.05) is 0 Å². The van der Waals surface area contributed by atoms with Crippen LogP contribution in [0.3, 0.4) is 0 Å². The first kappa shape index (κ1) is 12.0. The molecule has 1 saturated carbocycles. The van der Waals surface area contributed by atoms with Gasteiger partial charge in [-0.2, -0.15) is 0 Å². The Labute approximate surface area is 108 Å². The van der Waals surface area contributed by atoms with Gasteiger partial charge in [-0.25, -0.2) is 4.79 Å². The number of hydrogen-bond acceptors (Lipinski definition) is 4. The van der Waals surface area contributed by atoms with Crippen molar-refractivity contribution in [1.82, 2.24) is 5.32 Å². The first-order chi connectivity index (χ1) is 8.78. The van der Waals surface area contributed by atoms with Gasteiger partial charge in [0.15, 0.2) is 5.60 Å². The summed E-state index contributed by atoms with van der Waals surface area (Å²) in [5.74, 6) is -0.188. The molecule has 0 aromatic heterocycles. The van der Waals surface area contributed by atoms with Crippen molar-refractivity contribution >= 4 is 5.97 Å². The summed E-state index contributed by atoms with van der Waals surface area (Å²) < 4.78 is 11.2. The minimum Gasteiger partial charge on any atom is -0.449 e. The van der Waals surface area contributed by atoms with Gasteiger partial charge < -0.3 is 14.8 Å². The highest BCUT2D eigenvalue weighted by molar-refractivity contribution is 5.86. The molecule has 1 spiro atoms. The molecular formula is C14H21NO3. The average molecular weight is 251 g/mol. The van der Waals surface area contributed by atoms with Crippen LogP contribution in [0.1, 0.15) is 44.9 Å². The van der Waals surface area contributed by atoms with Crippen LogP contribution in [0.5, 0.6) is 0 Å². The molecule has 1 atom stereocenters. The fourth-order valence-corrected chi connectivity index (χ4v) is 3.26.